The van der Waals surface area contributed by atoms with Gasteiger partial charge in [0.15, 0.2) is 0 Å². The molecular formula is C28H39N5O3S. The van der Waals surface area contributed by atoms with Gasteiger partial charge in [-0.15, -0.1) is 11.3 Å². The molecule has 4 rings (SSSR count). The van der Waals surface area contributed by atoms with Crippen LogP contribution in [-0.4, -0.2) is 46.8 Å². The second kappa shape index (κ2) is 13.4. The molecule has 8 nitrogen and oxygen atoms in total. The van der Waals surface area contributed by atoms with Crippen molar-refractivity contribution >= 4 is 28.5 Å². The molecule has 1 aliphatic rings. The van der Waals surface area contributed by atoms with Crippen molar-refractivity contribution in [3.8, 4) is 5.75 Å². The van der Waals surface area contributed by atoms with Gasteiger partial charge in [-0.25, -0.2) is 4.98 Å². The number of benzene rings is 1. The molecule has 0 aliphatic carbocycles. The van der Waals surface area contributed by atoms with Crippen LogP contribution in [-0.2, 0) is 35.6 Å². The van der Waals surface area contributed by atoms with E-state index in [0.29, 0.717) is 32.7 Å². The monoisotopic (exact) mass is 525 g/mol. The number of thiophene rings is 1. The fourth-order valence-electron chi connectivity index (χ4n) is 4.53. The maximum absolute atomic E-state index is 12.6. The average molecular weight is 526 g/mol. The number of rotatable bonds is 9. The summed E-state index contributed by atoms with van der Waals surface area (Å²) in [7, 11) is 1.92. The summed E-state index contributed by atoms with van der Waals surface area (Å²) in [5, 5.41) is 4.35. The minimum Gasteiger partial charge on any atom is -0.494 e. The lowest BCUT2D eigenvalue weighted by atomic mass is 9.98. The molecule has 0 spiro atoms. The predicted molar refractivity (Wildman–Crippen MR) is 149 cm³/mol. The second-order valence-corrected chi connectivity index (χ2v) is 10.3. The molecular weight excluding hydrogens is 486 g/mol. The normalized spacial score (nSPS) is 13.3. The molecule has 1 aliphatic heterocycles. The van der Waals surface area contributed by atoms with Crippen molar-refractivity contribution in [2.45, 2.75) is 66.1 Å². The van der Waals surface area contributed by atoms with E-state index >= 15 is 0 Å². The number of aldehydes is 1. The van der Waals surface area contributed by atoms with Crippen molar-refractivity contribution < 1.29 is 14.3 Å². The number of fused-ring (bicyclic) bond motifs is 1. The van der Waals surface area contributed by atoms with E-state index in [1.165, 1.54) is 16.0 Å². The van der Waals surface area contributed by atoms with Crippen molar-refractivity contribution in [2.24, 2.45) is 5.73 Å². The van der Waals surface area contributed by atoms with Gasteiger partial charge in [0.2, 0.25) is 5.91 Å². The number of imidazole rings is 1. The van der Waals surface area contributed by atoms with E-state index in [1.807, 2.05) is 74.7 Å². The number of nitrogens with zero attached hydrogens (tertiary/aromatic N) is 3. The van der Waals surface area contributed by atoms with Crippen molar-refractivity contribution in [1.29, 1.82) is 0 Å². The molecule has 1 amide bonds. The molecule has 1 aromatic carbocycles. The maximum atomic E-state index is 12.6. The molecule has 3 heterocycles. The van der Waals surface area contributed by atoms with E-state index in [2.05, 4.69) is 10.3 Å². The van der Waals surface area contributed by atoms with Crippen molar-refractivity contribution in [3.63, 3.8) is 0 Å². The number of nitrogens with one attached hydrogen (secondary N) is 1. The zero-order valence-electron chi connectivity index (χ0n) is 22.5. The molecule has 0 bridgehead atoms. The number of aryl methyl sites for hydroxylation is 2. The van der Waals surface area contributed by atoms with Crippen LogP contribution in [0.2, 0.25) is 0 Å². The summed E-state index contributed by atoms with van der Waals surface area (Å²) in [6.45, 7) is 10.9. The van der Waals surface area contributed by atoms with Gasteiger partial charge in [-0.2, -0.15) is 0 Å². The number of aromatic nitrogens is 2. The van der Waals surface area contributed by atoms with Crippen LogP contribution in [0.5, 0.6) is 5.75 Å². The number of carbonyl (C=O) groups is 2. The largest absolute Gasteiger partial charge is 0.494 e. The standard InChI is InChI=1S/C16H23N5OS.C12H16O2/c1-10-7-21(11(2)19-10)9-15(22)20-5-4-12-13(6-17)16(18-3)23-14(12)8-20;1-3-14-12-6-4-5-11(9-12)10(2)7-8-13/h7,18H,4-6,8-9,17H2,1-3H3;4-6,8-10H,3,7H2,1-2H3. The summed E-state index contributed by atoms with van der Waals surface area (Å²) in [5.74, 6) is 2.17. The highest BCUT2D eigenvalue weighted by Crippen LogP contribution is 2.36. The van der Waals surface area contributed by atoms with Crippen molar-refractivity contribution in [1.82, 2.24) is 14.5 Å². The SMILES string of the molecule is CCOc1cccc(C(C)CC=O)c1.CNc1sc2c(c1CN)CCN(C(=O)Cn1cc(C)nc1C)C2. The smallest absolute Gasteiger partial charge is 0.242 e. The third kappa shape index (κ3) is 7.20. The van der Waals surface area contributed by atoms with Gasteiger partial charge in [0.25, 0.3) is 0 Å². The van der Waals surface area contributed by atoms with E-state index in [4.69, 9.17) is 10.5 Å². The zero-order chi connectivity index (χ0) is 26.9. The van der Waals surface area contributed by atoms with E-state index in [0.717, 1.165) is 47.1 Å². The minimum atomic E-state index is 0.143. The van der Waals surface area contributed by atoms with Gasteiger partial charge in [-0.1, -0.05) is 19.1 Å². The van der Waals surface area contributed by atoms with Gasteiger partial charge in [0.1, 0.15) is 24.4 Å². The summed E-state index contributed by atoms with van der Waals surface area (Å²) >= 11 is 1.72. The summed E-state index contributed by atoms with van der Waals surface area (Å²) < 4.78 is 7.31. The summed E-state index contributed by atoms with van der Waals surface area (Å²) in [4.78, 5) is 30.5. The molecule has 1 unspecified atom stereocenters. The lowest BCUT2D eigenvalue weighted by Gasteiger charge is -2.27. The van der Waals surface area contributed by atoms with Crippen LogP contribution < -0.4 is 15.8 Å². The van der Waals surface area contributed by atoms with Crippen LogP contribution in [0.3, 0.4) is 0 Å². The first kappa shape index (κ1) is 28.4. The molecule has 1 atom stereocenters. The van der Waals surface area contributed by atoms with Crippen LogP contribution in [0.4, 0.5) is 5.00 Å². The first-order valence-corrected chi connectivity index (χ1v) is 13.6. The topological polar surface area (TPSA) is 102 Å². The highest BCUT2D eigenvalue weighted by molar-refractivity contribution is 7.16. The maximum Gasteiger partial charge on any atom is 0.242 e. The fourth-order valence-corrected chi connectivity index (χ4v) is 5.78. The predicted octanol–water partition coefficient (Wildman–Crippen LogP) is 4.42. The zero-order valence-corrected chi connectivity index (χ0v) is 23.4. The van der Waals surface area contributed by atoms with Gasteiger partial charge in [0, 0.05) is 43.2 Å². The van der Waals surface area contributed by atoms with Crippen LogP contribution >= 0.6 is 11.3 Å². The Morgan fingerprint density at radius 2 is 2.14 bits per heavy atom. The van der Waals surface area contributed by atoms with E-state index in [9.17, 15) is 9.59 Å². The molecule has 0 saturated carbocycles. The first-order chi connectivity index (χ1) is 17.8. The van der Waals surface area contributed by atoms with Crippen LogP contribution in [0.1, 0.15) is 59.3 Å². The molecule has 2 aromatic heterocycles. The second-order valence-electron chi connectivity index (χ2n) is 9.20. The Kier molecular flexibility index (Phi) is 10.3. The Morgan fingerprint density at radius 3 is 2.76 bits per heavy atom. The Balaban J connectivity index is 0.000000233. The molecule has 0 radical (unpaired) electrons. The Labute approximate surface area is 223 Å². The quantitative estimate of drug-likeness (QED) is 0.401. The van der Waals surface area contributed by atoms with Gasteiger partial charge in [-0.05, 0) is 56.4 Å². The third-order valence-corrected chi connectivity index (χ3v) is 7.82. The Morgan fingerprint density at radius 1 is 1.35 bits per heavy atom. The summed E-state index contributed by atoms with van der Waals surface area (Å²) in [6.07, 6.45) is 4.33. The molecule has 37 heavy (non-hydrogen) atoms. The summed E-state index contributed by atoms with van der Waals surface area (Å²) in [5.41, 5.74) is 10.5. The molecule has 0 saturated heterocycles. The Hall–Kier alpha value is -3.17. The highest BCUT2D eigenvalue weighted by atomic mass is 32.1. The van der Waals surface area contributed by atoms with Crippen LogP contribution in [0, 0.1) is 13.8 Å². The molecule has 200 valence electrons. The number of carbonyl (C=O) groups excluding carboxylic acids is 2. The first-order valence-electron chi connectivity index (χ1n) is 12.8. The van der Waals surface area contributed by atoms with E-state index < -0.39 is 0 Å². The third-order valence-electron chi connectivity index (χ3n) is 6.54. The lowest BCUT2D eigenvalue weighted by molar-refractivity contribution is -0.132. The minimum absolute atomic E-state index is 0.143. The lowest BCUT2D eigenvalue weighted by Crippen LogP contribution is -2.37. The molecule has 9 heteroatoms. The molecule has 3 N–H and O–H groups in total. The van der Waals surface area contributed by atoms with Crippen LogP contribution in [0.25, 0.3) is 0 Å². The van der Waals surface area contributed by atoms with Crippen LogP contribution in [0.15, 0.2) is 30.5 Å². The Bertz CT molecular complexity index is 1200. The fraction of sp³-hybridized carbons (Fsp3) is 0.464. The number of nitrogens with two attached hydrogens (primary N) is 1. The van der Waals surface area contributed by atoms with E-state index in [1.54, 1.807) is 11.3 Å². The number of hydrogen-bond acceptors (Lipinski definition) is 7. The number of ether oxygens (including phenoxy) is 1. The number of amides is 1. The van der Waals surface area contributed by atoms with Gasteiger partial charge in [0.05, 0.1) is 23.8 Å². The van der Waals surface area contributed by atoms with Gasteiger partial charge >= 0.3 is 0 Å². The van der Waals surface area contributed by atoms with Gasteiger partial charge in [-0.3, -0.25) is 4.79 Å². The van der Waals surface area contributed by atoms with Crippen molar-refractivity contribution in [2.75, 3.05) is 25.5 Å². The average Bonchev–Trinajstić information content (AvgIpc) is 3.41. The molecule has 0 fully saturated rings. The molecule has 3 aromatic rings. The van der Waals surface area contributed by atoms with Gasteiger partial charge < -0.3 is 30.0 Å². The number of anilines is 1. The summed E-state index contributed by atoms with van der Waals surface area (Å²) in [6, 6.07) is 7.91. The number of hydrogen-bond donors (Lipinski definition) is 2. The van der Waals surface area contributed by atoms with E-state index in [-0.39, 0.29) is 11.8 Å². The highest BCUT2D eigenvalue weighted by Gasteiger charge is 2.26. The van der Waals surface area contributed by atoms with Crippen molar-refractivity contribution in [3.05, 3.63) is 63.5 Å².